The van der Waals surface area contributed by atoms with Crippen LogP contribution in [0.15, 0.2) is 18.3 Å². The van der Waals surface area contributed by atoms with Crippen molar-refractivity contribution in [2.45, 2.75) is 31.9 Å². The van der Waals surface area contributed by atoms with E-state index in [1.54, 1.807) is 6.20 Å². The lowest BCUT2D eigenvalue weighted by atomic mass is 10.1. The Kier molecular flexibility index (Phi) is 3.41. The predicted octanol–water partition coefficient (Wildman–Crippen LogP) is 1.06. The van der Waals surface area contributed by atoms with Crippen molar-refractivity contribution in [3.05, 3.63) is 23.9 Å². The number of hydrogen-bond donors (Lipinski definition) is 2. The Morgan fingerprint density at radius 2 is 2.19 bits per heavy atom. The summed E-state index contributed by atoms with van der Waals surface area (Å²) in [5.41, 5.74) is 7.01. The molecule has 0 unspecified atom stereocenters. The van der Waals surface area contributed by atoms with Crippen molar-refractivity contribution in [1.82, 2.24) is 4.98 Å². The Balaban J connectivity index is 2.19. The standard InChI is InChI=1S/C12H19N3O/c1-9(13)11-3-2-6-14-12(11)15-7-4-10(16)5-8-15/h2-3,6,9-10,16H,4-5,7-8,13H2,1H3/t9-/m1/s1. The van der Waals surface area contributed by atoms with Crippen molar-refractivity contribution in [2.24, 2.45) is 5.73 Å². The van der Waals surface area contributed by atoms with Crippen molar-refractivity contribution in [3.8, 4) is 0 Å². The predicted molar refractivity (Wildman–Crippen MR) is 64.3 cm³/mol. The molecule has 1 aliphatic heterocycles. The fourth-order valence-electron chi connectivity index (χ4n) is 2.11. The summed E-state index contributed by atoms with van der Waals surface area (Å²) in [6, 6.07) is 3.94. The monoisotopic (exact) mass is 221 g/mol. The Bertz CT molecular complexity index is 346. The SMILES string of the molecule is C[C@@H](N)c1cccnc1N1CCC(O)CC1. The van der Waals surface area contributed by atoms with Gasteiger partial charge in [-0.2, -0.15) is 0 Å². The summed E-state index contributed by atoms with van der Waals surface area (Å²) in [6.45, 7) is 3.69. The lowest BCUT2D eigenvalue weighted by Crippen LogP contribution is -2.37. The van der Waals surface area contributed by atoms with Crippen LogP contribution < -0.4 is 10.6 Å². The van der Waals surface area contributed by atoms with Gasteiger partial charge in [0.05, 0.1) is 6.10 Å². The zero-order valence-electron chi connectivity index (χ0n) is 9.63. The molecule has 0 radical (unpaired) electrons. The second-order valence-corrected chi connectivity index (χ2v) is 4.42. The van der Waals surface area contributed by atoms with E-state index in [0.717, 1.165) is 37.3 Å². The molecule has 16 heavy (non-hydrogen) atoms. The zero-order valence-corrected chi connectivity index (χ0v) is 9.63. The first-order valence-electron chi connectivity index (χ1n) is 5.82. The molecule has 88 valence electrons. The minimum atomic E-state index is -0.154. The number of anilines is 1. The van der Waals surface area contributed by atoms with Crippen LogP contribution in [-0.2, 0) is 0 Å². The Morgan fingerprint density at radius 3 is 2.81 bits per heavy atom. The highest BCUT2D eigenvalue weighted by molar-refractivity contribution is 5.48. The number of nitrogens with zero attached hydrogens (tertiary/aromatic N) is 2. The molecule has 4 heteroatoms. The van der Waals surface area contributed by atoms with E-state index in [9.17, 15) is 5.11 Å². The van der Waals surface area contributed by atoms with Crippen LogP contribution in [0.1, 0.15) is 31.4 Å². The van der Waals surface area contributed by atoms with Crippen LogP contribution in [-0.4, -0.2) is 29.3 Å². The Morgan fingerprint density at radius 1 is 1.50 bits per heavy atom. The van der Waals surface area contributed by atoms with Crippen LogP contribution >= 0.6 is 0 Å². The highest BCUT2D eigenvalue weighted by Crippen LogP contribution is 2.25. The van der Waals surface area contributed by atoms with Gasteiger partial charge in [0.2, 0.25) is 0 Å². The van der Waals surface area contributed by atoms with Gasteiger partial charge in [0, 0.05) is 30.9 Å². The zero-order chi connectivity index (χ0) is 11.5. The van der Waals surface area contributed by atoms with Crippen LogP contribution in [0.3, 0.4) is 0 Å². The normalized spacial score (nSPS) is 19.8. The van der Waals surface area contributed by atoms with Gasteiger partial charge >= 0.3 is 0 Å². The average molecular weight is 221 g/mol. The van der Waals surface area contributed by atoms with Crippen LogP contribution in [0.5, 0.6) is 0 Å². The summed E-state index contributed by atoms with van der Waals surface area (Å²) in [5.74, 6) is 0.976. The van der Waals surface area contributed by atoms with E-state index in [1.807, 2.05) is 19.1 Å². The average Bonchev–Trinajstić information content (AvgIpc) is 2.30. The molecule has 2 rings (SSSR count). The Hall–Kier alpha value is -1.13. The van der Waals surface area contributed by atoms with Gasteiger partial charge < -0.3 is 15.7 Å². The van der Waals surface area contributed by atoms with Crippen molar-refractivity contribution >= 4 is 5.82 Å². The van der Waals surface area contributed by atoms with Gasteiger partial charge in [-0.15, -0.1) is 0 Å². The molecule has 0 saturated carbocycles. The second kappa shape index (κ2) is 4.80. The molecule has 0 bridgehead atoms. The van der Waals surface area contributed by atoms with Crippen molar-refractivity contribution in [3.63, 3.8) is 0 Å². The van der Waals surface area contributed by atoms with Gasteiger partial charge in [-0.05, 0) is 25.8 Å². The van der Waals surface area contributed by atoms with Gasteiger partial charge in [0.15, 0.2) is 0 Å². The molecule has 1 aromatic rings. The van der Waals surface area contributed by atoms with Gasteiger partial charge in [0.25, 0.3) is 0 Å². The molecule has 1 saturated heterocycles. The van der Waals surface area contributed by atoms with Crippen molar-refractivity contribution in [2.75, 3.05) is 18.0 Å². The fourth-order valence-corrected chi connectivity index (χ4v) is 2.11. The number of aliphatic hydroxyl groups excluding tert-OH is 1. The molecule has 0 amide bonds. The molecule has 0 aliphatic carbocycles. The largest absolute Gasteiger partial charge is 0.393 e. The number of rotatable bonds is 2. The number of hydrogen-bond acceptors (Lipinski definition) is 4. The lowest BCUT2D eigenvalue weighted by Gasteiger charge is -2.32. The van der Waals surface area contributed by atoms with Crippen LogP contribution in [0.25, 0.3) is 0 Å². The van der Waals surface area contributed by atoms with E-state index in [0.29, 0.717) is 0 Å². The third-order valence-corrected chi connectivity index (χ3v) is 3.07. The summed E-state index contributed by atoms with van der Waals surface area (Å²) < 4.78 is 0. The minimum Gasteiger partial charge on any atom is -0.393 e. The molecule has 2 heterocycles. The topological polar surface area (TPSA) is 62.4 Å². The van der Waals surface area contributed by atoms with Crippen LogP contribution in [0.4, 0.5) is 5.82 Å². The number of aromatic nitrogens is 1. The maximum atomic E-state index is 9.48. The maximum Gasteiger partial charge on any atom is 0.133 e. The number of nitrogens with two attached hydrogens (primary N) is 1. The fraction of sp³-hybridized carbons (Fsp3) is 0.583. The molecular weight excluding hydrogens is 202 g/mol. The molecular formula is C12H19N3O. The molecule has 3 N–H and O–H groups in total. The summed E-state index contributed by atoms with van der Waals surface area (Å²) in [5, 5.41) is 9.48. The quantitative estimate of drug-likeness (QED) is 0.784. The first-order chi connectivity index (χ1) is 7.68. The van der Waals surface area contributed by atoms with E-state index >= 15 is 0 Å². The smallest absolute Gasteiger partial charge is 0.133 e. The molecule has 4 nitrogen and oxygen atoms in total. The van der Waals surface area contributed by atoms with E-state index in [4.69, 9.17) is 5.73 Å². The second-order valence-electron chi connectivity index (χ2n) is 4.42. The molecule has 0 spiro atoms. The third kappa shape index (κ3) is 2.33. The number of pyridine rings is 1. The number of aliphatic hydroxyl groups is 1. The summed E-state index contributed by atoms with van der Waals surface area (Å²) >= 11 is 0. The molecule has 1 aliphatic rings. The maximum absolute atomic E-state index is 9.48. The van der Waals surface area contributed by atoms with Gasteiger partial charge in [-0.3, -0.25) is 0 Å². The summed E-state index contributed by atoms with van der Waals surface area (Å²) in [7, 11) is 0. The van der Waals surface area contributed by atoms with Crippen LogP contribution in [0.2, 0.25) is 0 Å². The molecule has 1 fully saturated rings. The summed E-state index contributed by atoms with van der Waals surface area (Å²) in [6.07, 6.45) is 3.27. The van der Waals surface area contributed by atoms with E-state index < -0.39 is 0 Å². The van der Waals surface area contributed by atoms with Crippen molar-refractivity contribution < 1.29 is 5.11 Å². The van der Waals surface area contributed by atoms with Crippen molar-refractivity contribution in [1.29, 1.82) is 0 Å². The van der Waals surface area contributed by atoms with Gasteiger partial charge in [-0.25, -0.2) is 4.98 Å². The highest BCUT2D eigenvalue weighted by Gasteiger charge is 2.20. The van der Waals surface area contributed by atoms with E-state index in [1.165, 1.54) is 0 Å². The summed E-state index contributed by atoms with van der Waals surface area (Å²) in [4.78, 5) is 6.63. The lowest BCUT2D eigenvalue weighted by molar-refractivity contribution is 0.145. The minimum absolute atomic E-state index is 0.00412. The van der Waals surface area contributed by atoms with Gasteiger partial charge in [-0.1, -0.05) is 6.07 Å². The Labute approximate surface area is 96.1 Å². The molecule has 1 atom stereocenters. The van der Waals surface area contributed by atoms with Gasteiger partial charge in [0.1, 0.15) is 5.82 Å². The highest BCUT2D eigenvalue weighted by atomic mass is 16.3. The first kappa shape index (κ1) is 11.4. The van der Waals surface area contributed by atoms with E-state index in [2.05, 4.69) is 9.88 Å². The van der Waals surface area contributed by atoms with Crippen LogP contribution in [0, 0.1) is 0 Å². The third-order valence-electron chi connectivity index (χ3n) is 3.07. The number of piperidine rings is 1. The molecule has 1 aromatic heterocycles. The first-order valence-corrected chi connectivity index (χ1v) is 5.82. The van der Waals surface area contributed by atoms with E-state index in [-0.39, 0.29) is 12.1 Å². The molecule has 0 aromatic carbocycles.